The summed E-state index contributed by atoms with van der Waals surface area (Å²) in [5, 5.41) is 0. The van der Waals surface area contributed by atoms with E-state index in [1.807, 2.05) is 54.6 Å². The third-order valence-corrected chi connectivity index (χ3v) is 4.44. The zero-order valence-electron chi connectivity index (χ0n) is 16.2. The summed E-state index contributed by atoms with van der Waals surface area (Å²) in [7, 11) is 4.74. The maximum Gasteiger partial charge on any atom is 0.258 e. The summed E-state index contributed by atoms with van der Waals surface area (Å²) in [6, 6.07) is 22.5. The first-order valence-corrected chi connectivity index (χ1v) is 8.88. The minimum atomic E-state index is -0.130. The maximum atomic E-state index is 13.4. The Morgan fingerprint density at radius 1 is 0.786 bits per heavy atom. The number of carbonyl (C=O) groups is 1. The van der Waals surface area contributed by atoms with Crippen molar-refractivity contribution >= 4 is 11.6 Å². The number of amides is 1. The topological polar surface area (TPSA) is 48.0 Å². The first-order valence-electron chi connectivity index (χ1n) is 8.88. The molecule has 3 aromatic rings. The molecule has 0 atom stereocenters. The van der Waals surface area contributed by atoms with Crippen LogP contribution < -0.4 is 19.1 Å². The van der Waals surface area contributed by atoms with E-state index in [4.69, 9.17) is 14.2 Å². The van der Waals surface area contributed by atoms with Gasteiger partial charge >= 0.3 is 0 Å². The maximum absolute atomic E-state index is 13.4. The second-order valence-corrected chi connectivity index (χ2v) is 6.14. The molecule has 0 bridgehead atoms. The van der Waals surface area contributed by atoms with Crippen molar-refractivity contribution in [3.8, 4) is 17.2 Å². The van der Waals surface area contributed by atoms with Crippen LogP contribution in [0.2, 0.25) is 0 Å². The number of nitrogens with zero attached hydrogens (tertiary/aromatic N) is 1. The van der Waals surface area contributed by atoms with E-state index in [1.165, 1.54) is 0 Å². The molecule has 0 aromatic heterocycles. The van der Waals surface area contributed by atoms with E-state index in [0.717, 1.165) is 17.0 Å². The van der Waals surface area contributed by atoms with Gasteiger partial charge in [0.25, 0.3) is 5.91 Å². The fourth-order valence-corrected chi connectivity index (χ4v) is 2.93. The molecule has 0 unspecified atom stereocenters. The Morgan fingerprint density at radius 2 is 1.46 bits per heavy atom. The molecule has 0 heterocycles. The SMILES string of the molecule is COc1ccc(N(Cc2ccccc2)C(=O)c2ccc(OC)c(OC)c2)cc1. The van der Waals surface area contributed by atoms with Crippen molar-refractivity contribution in [2.75, 3.05) is 26.2 Å². The summed E-state index contributed by atoms with van der Waals surface area (Å²) in [5.41, 5.74) is 2.33. The van der Waals surface area contributed by atoms with Crippen LogP contribution in [0.4, 0.5) is 5.69 Å². The highest BCUT2D eigenvalue weighted by molar-refractivity contribution is 6.06. The Labute approximate surface area is 165 Å². The van der Waals surface area contributed by atoms with Crippen molar-refractivity contribution in [3.63, 3.8) is 0 Å². The van der Waals surface area contributed by atoms with Gasteiger partial charge in [0.2, 0.25) is 0 Å². The highest BCUT2D eigenvalue weighted by Gasteiger charge is 2.20. The highest BCUT2D eigenvalue weighted by Crippen LogP contribution is 2.30. The van der Waals surface area contributed by atoms with Crippen molar-refractivity contribution in [2.24, 2.45) is 0 Å². The summed E-state index contributed by atoms with van der Waals surface area (Å²) >= 11 is 0. The number of benzene rings is 3. The van der Waals surface area contributed by atoms with Gasteiger partial charge in [-0.05, 0) is 48.0 Å². The normalized spacial score (nSPS) is 10.2. The molecule has 0 spiro atoms. The Morgan fingerprint density at radius 3 is 2.07 bits per heavy atom. The smallest absolute Gasteiger partial charge is 0.258 e. The second kappa shape index (κ2) is 8.95. The van der Waals surface area contributed by atoms with E-state index in [-0.39, 0.29) is 5.91 Å². The monoisotopic (exact) mass is 377 g/mol. The van der Waals surface area contributed by atoms with Crippen LogP contribution in [0.1, 0.15) is 15.9 Å². The Bertz CT molecular complexity index is 923. The van der Waals surface area contributed by atoms with E-state index < -0.39 is 0 Å². The molecule has 1 amide bonds. The van der Waals surface area contributed by atoms with Crippen LogP contribution in [0.25, 0.3) is 0 Å². The van der Waals surface area contributed by atoms with E-state index in [1.54, 1.807) is 44.4 Å². The highest BCUT2D eigenvalue weighted by atomic mass is 16.5. The molecule has 5 nitrogen and oxygen atoms in total. The van der Waals surface area contributed by atoms with E-state index in [2.05, 4.69) is 0 Å². The molecule has 3 aromatic carbocycles. The van der Waals surface area contributed by atoms with Gasteiger partial charge in [0, 0.05) is 11.3 Å². The number of ether oxygens (including phenoxy) is 3. The minimum absolute atomic E-state index is 0.130. The summed E-state index contributed by atoms with van der Waals surface area (Å²) < 4.78 is 15.9. The quantitative estimate of drug-likeness (QED) is 0.606. The van der Waals surface area contributed by atoms with Crippen LogP contribution in [-0.2, 0) is 6.54 Å². The third-order valence-electron chi connectivity index (χ3n) is 4.44. The molecular formula is C23H23NO4. The first kappa shape index (κ1) is 19.3. The molecule has 0 aliphatic carbocycles. The van der Waals surface area contributed by atoms with Gasteiger partial charge in [-0.2, -0.15) is 0 Å². The average Bonchev–Trinajstić information content (AvgIpc) is 2.77. The van der Waals surface area contributed by atoms with Crippen LogP contribution in [-0.4, -0.2) is 27.2 Å². The van der Waals surface area contributed by atoms with E-state index >= 15 is 0 Å². The molecule has 0 saturated carbocycles. The molecule has 28 heavy (non-hydrogen) atoms. The van der Waals surface area contributed by atoms with Crippen molar-refractivity contribution in [2.45, 2.75) is 6.54 Å². The van der Waals surface area contributed by atoms with Crippen LogP contribution in [0.3, 0.4) is 0 Å². The number of hydrogen-bond acceptors (Lipinski definition) is 4. The fourth-order valence-electron chi connectivity index (χ4n) is 2.93. The molecule has 0 aliphatic rings. The molecule has 5 heteroatoms. The lowest BCUT2D eigenvalue weighted by molar-refractivity contribution is 0.0984. The van der Waals surface area contributed by atoms with Crippen molar-refractivity contribution in [1.82, 2.24) is 0 Å². The van der Waals surface area contributed by atoms with E-state index in [9.17, 15) is 4.79 Å². The van der Waals surface area contributed by atoms with Gasteiger partial charge in [-0.25, -0.2) is 0 Å². The van der Waals surface area contributed by atoms with Gasteiger partial charge in [0.05, 0.1) is 27.9 Å². The Balaban J connectivity index is 1.98. The number of methoxy groups -OCH3 is 3. The molecule has 0 N–H and O–H groups in total. The molecule has 0 saturated heterocycles. The van der Waals surface area contributed by atoms with Gasteiger partial charge in [-0.15, -0.1) is 0 Å². The summed E-state index contributed by atoms with van der Waals surface area (Å²) in [4.78, 5) is 15.1. The van der Waals surface area contributed by atoms with Crippen molar-refractivity contribution < 1.29 is 19.0 Å². The van der Waals surface area contributed by atoms with E-state index in [0.29, 0.717) is 23.6 Å². The Kier molecular flexibility index (Phi) is 6.17. The first-order chi connectivity index (χ1) is 13.7. The summed E-state index contributed by atoms with van der Waals surface area (Å²) in [6.07, 6.45) is 0. The van der Waals surface area contributed by atoms with Crippen molar-refractivity contribution in [1.29, 1.82) is 0 Å². The number of rotatable bonds is 7. The Hall–Kier alpha value is -3.47. The fraction of sp³-hybridized carbons (Fsp3) is 0.174. The van der Waals surface area contributed by atoms with Crippen LogP contribution in [0.15, 0.2) is 72.8 Å². The average molecular weight is 377 g/mol. The third kappa shape index (κ3) is 4.26. The standard InChI is InChI=1S/C23H23NO4/c1-26-20-12-10-19(11-13-20)24(16-17-7-5-4-6-8-17)23(25)18-9-14-21(27-2)22(15-18)28-3/h4-15H,16H2,1-3H3. The van der Waals surface area contributed by atoms with Gasteiger partial charge in [-0.1, -0.05) is 30.3 Å². The largest absolute Gasteiger partial charge is 0.497 e. The van der Waals surface area contributed by atoms with Gasteiger partial charge < -0.3 is 19.1 Å². The van der Waals surface area contributed by atoms with Gasteiger partial charge in [0.1, 0.15) is 5.75 Å². The minimum Gasteiger partial charge on any atom is -0.497 e. The van der Waals surface area contributed by atoms with Crippen LogP contribution in [0, 0.1) is 0 Å². The predicted molar refractivity (Wildman–Crippen MR) is 109 cm³/mol. The van der Waals surface area contributed by atoms with Crippen molar-refractivity contribution in [3.05, 3.63) is 83.9 Å². The van der Waals surface area contributed by atoms with Gasteiger partial charge in [0.15, 0.2) is 11.5 Å². The lowest BCUT2D eigenvalue weighted by Gasteiger charge is -2.24. The molecular weight excluding hydrogens is 354 g/mol. The zero-order valence-corrected chi connectivity index (χ0v) is 16.2. The number of hydrogen-bond donors (Lipinski definition) is 0. The second-order valence-electron chi connectivity index (χ2n) is 6.14. The number of anilines is 1. The zero-order chi connectivity index (χ0) is 19.9. The molecule has 3 rings (SSSR count). The summed E-state index contributed by atoms with van der Waals surface area (Å²) in [5.74, 6) is 1.71. The van der Waals surface area contributed by atoms with Gasteiger partial charge in [-0.3, -0.25) is 4.79 Å². The number of carbonyl (C=O) groups excluding carboxylic acids is 1. The molecule has 0 aliphatic heterocycles. The lowest BCUT2D eigenvalue weighted by Crippen LogP contribution is -2.30. The molecule has 0 radical (unpaired) electrons. The van der Waals surface area contributed by atoms with Crippen LogP contribution >= 0.6 is 0 Å². The summed E-state index contributed by atoms with van der Waals surface area (Å²) in [6.45, 7) is 0.445. The predicted octanol–water partition coefficient (Wildman–Crippen LogP) is 4.56. The molecule has 144 valence electrons. The lowest BCUT2D eigenvalue weighted by atomic mass is 10.1. The molecule has 0 fully saturated rings. The van der Waals surface area contributed by atoms with Crippen LogP contribution in [0.5, 0.6) is 17.2 Å².